The van der Waals surface area contributed by atoms with Crippen molar-refractivity contribution in [3.8, 4) is 0 Å². The molecule has 1 rings (SSSR count). The second-order valence-electron chi connectivity index (χ2n) is 3.90. The first-order valence-corrected chi connectivity index (χ1v) is 5.28. The quantitative estimate of drug-likeness (QED) is 0.498. The monoisotopic (exact) mass is 200 g/mol. The molecule has 1 aliphatic rings. The van der Waals surface area contributed by atoms with Gasteiger partial charge in [-0.3, -0.25) is 4.79 Å². The Labute approximate surface area is 85.2 Å². The van der Waals surface area contributed by atoms with Crippen LogP contribution in [0.5, 0.6) is 0 Å². The zero-order valence-corrected chi connectivity index (χ0v) is 8.79. The summed E-state index contributed by atoms with van der Waals surface area (Å²) in [5.74, 6) is -0.130. The average molecular weight is 200 g/mol. The normalized spacial score (nSPS) is 26.4. The molecule has 2 unspecified atom stereocenters. The zero-order chi connectivity index (χ0) is 10.4. The molecular weight excluding hydrogens is 180 g/mol. The largest absolute Gasteiger partial charge is 0.469 e. The topological polar surface area (TPSA) is 64.3 Å². The Balaban J connectivity index is 1.96. The van der Waals surface area contributed by atoms with Crippen molar-refractivity contribution in [2.24, 2.45) is 5.73 Å². The van der Waals surface area contributed by atoms with Gasteiger partial charge in [-0.1, -0.05) is 0 Å². The lowest BCUT2D eigenvalue weighted by atomic mass is 10.2. The molecule has 0 aliphatic heterocycles. The first kappa shape index (κ1) is 11.5. The highest BCUT2D eigenvalue weighted by atomic mass is 16.5. The Bertz CT molecular complexity index is 185. The predicted octanol–water partition coefficient (Wildman–Crippen LogP) is 0.409. The highest BCUT2D eigenvalue weighted by Gasteiger charge is 2.20. The highest BCUT2D eigenvalue weighted by Crippen LogP contribution is 2.16. The van der Waals surface area contributed by atoms with E-state index < -0.39 is 0 Å². The van der Waals surface area contributed by atoms with Crippen molar-refractivity contribution in [3.63, 3.8) is 0 Å². The van der Waals surface area contributed by atoms with E-state index >= 15 is 0 Å². The maximum Gasteiger partial charge on any atom is 0.305 e. The van der Waals surface area contributed by atoms with E-state index in [2.05, 4.69) is 10.1 Å². The van der Waals surface area contributed by atoms with Gasteiger partial charge < -0.3 is 15.8 Å². The van der Waals surface area contributed by atoms with Crippen LogP contribution in [0.25, 0.3) is 0 Å². The third kappa shape index (κ3) is 4.07. The lowest BCUT2D eigenvalue weighted by molar-refractivity contribution is -0.140. The molecule has 4 nitrogen and oxygen atoms in total. The lowest BCUT2D eigenvalue weighted by Crippen LogP contribution is -2.29. The van der Waals surface area contributed by atoms with Crippen LogP contribution in [-0.4, -0.2) is 31.7 Å². The summed E-state index contributed by atoms with van der Waals surface area (Å²) in [5.41, 5.74) is 5.79. The highest BCUT2D eigenvalue weighted by molar-refractivity contribution is 5.69. The summed E-state index contributed by atoms with van der Waals surface area (Å²) >= 11 is 0. The number of carbonyl (C=O) groups is 1. The van der Waals surface area contributed by atoms with Gasteiger partial charge in [0.05, 0.1) is 7.11 Å². The lowest BCUT2D eigenvalue weighted by Gasteiger charge is -2.11. The smallest absolute Gasteiger partial charge is 0.305 e. The summed E-state index contributed by atoms with van der Waals surface area (Å²) in [6, 6.07) is 0.927. The maximum absolute atomic E-state index is 10.8. The molecule has 0 bridgehead atoms. The van der Waals surface area contributed by atoms with Gasteiger partial charge in [-0.2, -0.15) is 0 Å². The van der Waals surface area contributed by atoms with Crippen LogP contribution in [-0.2, 0) is 9.53 Å². The number of hydrogen-bond acceptors (Lipinski definition) is 4. The standard InChI is InChI=1S/C10H20N2O2/c1-14-10(13)3-2-6-12-9-5-4-8(11)7-9/h8-9,12H,2-7,11H2,1H3. The third-order valence-electron chi connectivity index (χ3n) is 2.69. The summed E-state index contributed by atoms with van der Waals surface area (Å²) in [4.78, 5) is 10.8. The van der Waals surface area contributed by atoms with Gasteiger partial charge in [0.2, 0.25) is 0 Å². The summed E-state index contributed by atoms with van der Waals surface area (Å²) < 4.78 is 4.55. The Hall–Kier alpha value is -0.610. The molecule has 1 aliphatic carbocycles. The maximum atomic E-state index is 10.8. The van der Waals surface area contributed by atoms with Gasteiger partial charge in [0.15, 0.2) is 0 Å². The molecule has 0 aromatic rings. The molecule has 3 N–H and O–H groups in total. The third-order valence-corrected chi connectivity index (χ3v) is 2.69. The van der Waals surface area contributed by atoms with E-state index in [9.17, 15) is 4.79 Å². The zero-order valence-electron chi connectivity index (χ0n) is 8.79. The number of hydrogen-bond donors (Lipinski definition) is 2. The minimum absolute atomic E-state index is 0.130. The molecule has 0 aromatic heterocycles. The fraction of sp³-hybridized carbons (Fsp3) is 0.900. The van der Waals surface area contributed by atoms with E-state index in [-0.39, 0.29) is 5.97 Å². The van der Waals surface area contributed by atoms with Gasteiger partial charge in [-0.05, 0) is 32.2 Å². The van der Waals surface area contributed by atoms with Crippen LogP contribution < -0.4 is 11.1 Å². The van der Waals surface area contributed by atoms with Crippen molar-refractivity contribution in [2.75, 3.05) is 13.7 Å². The van der Waals surface area contributed by atoms with Crippen molar-refractivity contribution < 1.29 is 9.53 Å². The number of methoxy groups -OCH3 is 1. The molecule has 0 amide bonds. The molecule has 0 saturated heterocycles. The van der Waals surface area contributed by atoms with Crippen LogP contribution in [0, 0.1) is 0 Å². The van der Waals surface area contributed by atoms with Gasteiger partial charge in [-0.15, -0.1) is 0 Å². The van der Waals surface area contributed by atoms with E-state index in [0.717, 1.165) is 25.8 Å². The van der Waals surface area contributed by atoms with Gasteiger partial charge >= 0.3 is 5.97 Å². The Kier molecular flexibility index (Phi) is 4.90. The second-order valence-corrected chi connectivity index (χ2v) is 3.90. The van der Waals surface area contributed by atoms with E-state index in [1.54, 1.807) is 0 Å². The van der Waals surface area contributed by atoms with Crippen LogP contribution in [0.1, 0.15) is 32.1 Å². The number of nitrogens with two attached hydrogens (primary N) is 1. The average Bonchev–Trinajstić information content (AvgIpc) is 2.58. The SMILES string of the molecule is COC(=O)CCCNC1CCC(N)C1. The summed E-state index contributed by atoms with van der Waals surface area (Å²) in [6.45, 7) is 0.881. The molecule has 1 saturated carbocycles. The Morgan fingerprint density at radius 1 is 1.57 bits per heavy atom. The van der Waals surface area contributed by atoms with Crippen LogP contribution in [0.2, 0.25) is 0 Å². The number of esters is 1. The number of rotatable bonds is 5. The minimum Gasteiger partial charge on any atom is -0.469 e. The molecule has 0 aromatic carbocycles. The Morgan fingerprint density at radius 2 is 2.36 bits per heavy atom. The van der Waals surface area contributed by atoms with E-state index in [1.165, 1.54) is 13.5 Å². The number of nitrogens with one attached hydrogen (secondary N) is 1. The van der Waals surface area contributed by atoms with Crippen molar-refractivity contribution in [1.29, 1.82) is 0 Å². The van der Waals surface area contributed by atoms with Crippen molar-refractivity contribution in [3.05, 3.63) is 0 Å². The number of carbonyl (C=O) groups excluding carboxylic acids is 1. The minimum atomic E-state index is -0.130. The van der Waals surface area contributed by atoms with Gasteiger partial charge in [0.25, 0.3) is 0 Å². The first-order chi connectivity index (χ1) is 6.72. The van der Waals surface area contributed by atoms with Crippen LogP contribution in [0.15, 0.2) is 0 Å². The van der Waals surface area contributed by atoms with Crippen molar-refractivity contribution >= 4 is 5.97 Å². The molecule has 4 heteroatoms. The predicted molar refractivity (Wildman–Crippen MR) is 54.9 cm³/mol. The molecule has 2 atom stereocenters. The van der Waals surface area contributed by atoms with E-state index in [4.69, 9.17) is 5.73 Å². The molecule has 0 spiro atoms. The van der Waals surface area contributed by atoms with E-state index in [1.807, 2.05) is 0 Å². The van der Waals surface area contributed by atoms with E-state index in [0.29, 0.717) is 18.5 Å². The van der Waals surface area contributed by atoms with Crippen LogP contribution >= 0.6 is 0 Å². The van der Waals surface area contributed by atoms with Gasteiger partial charge in [-0.25, -0.2) is 0 Å². The Morgan fingerprint density at radius 3 is 2.93 bits per heavy atom. The summed E-state index contributed by atoms with van der Waals surface area (Å²) in [6.07, 6.45) is 4.70. The van der Waals surface area contributed by atoms with Gasteiger partial charge in [0, 0.05) is 18.5 Å². The fourth-order valence-electron chi connectivity index (χ4n) is 1.84. The molecule has 1 fully saturated rings. The van der Waals surface area contributed by atoms with Gasteiger partial charge in [0.1, 0.15) is 0 Å². The molecule has 82 valence electrons. The molecule has 0 heterocycles. The number of ether oxygens (including phenoxy) is 1. The van der Waals surface area contributed by atoms with Crippen molar-refractivity contribution in [2.45, 2.75) is 44.2 Å². The van der Waals surface area contributed by atoms with Crippen LogP contribution in [0.4, 0.5) is 0 Å². The summed E-state index contributed by atoms with van der Waals surface area (Å²) in [7, 11) is 1.42. The molecular formula is C10H20N2O2. The molecule has 0 radical (unpaired) electrons. The van der Waals surface area contributed by atoms with Crippen LogP contribution in [0.3, 0.4) is 0 Å². The molecule has 14 heavy (non-hydrogen) atoms. The van der Waals surface area contributed by atoms with Crippen molar-refractivity contribution in [1.82, 2.24) is 5.32 Å². The summed E-state index contributed by atoms with van der Waals surface area (Å²) in [5, 5.41) is 3.40. The first-order valence-electron chi connectivity index (χ1n) is 5.28. The second kappa shape index (κ2) is 5.98. The fourth-order valence-corrected chi connectivity index (χ4v) is 1.84.